The van der Waals surface area contributed by atoms with Gasteiger partial charge in [-0.3, -0.25) is 9.59 Å². The standard InChI is InChI=1S/C32H36N2O7S/c1-42-20-19-27(34-32(38)41-23-26-15-9-4-10-16-26)30(36)33-28(31(37)40-22-25-13-7-3-8-14-25)17-18-29(35)39-21-24-11-5-2-6-12-24/h2-16,27-28H,17-23H2,1H3,(H,33,36)(H,34,38)/t27-,28+/m1/s1. The van der Waals surface area contributed by atoms with Crippen molar-refractivity contribution in [3.05, 3.63) is 108 Å². The Kier molecular flexibility index (Phi) is 13.9. The van der Waals surface area contributed by atoms with Crippen molar-refractivity contribution in [3.8, 4) is 0 Å². The first-order chi connectivity index (χ1) is 20.4. The molecule has 0 fully saturated rings. The number of alkyl carbamates (subject to hydrolysis) is 1. The molecule has 222 valence electrons. The van der Waals surface area contributed by atoms with Gasteiger partial charge in [0.1, 0.15) is 31.9 Å². The molecule has 10 heteroatoms. The minimum atomic E-state index is -1.13. The highest BCUT2D eigenvalue weighted by Crippen LogP contribution is 2.10. The molecule has 0 aliphatic heterocycles. The van der Waals surface area contributed by atoms with Gasteiger partial charge in [-0.1, -0.05) is 91.0 Å². The van der Waals surface area contributed by atoms with Gasteiger partial charge in [-0.25, -0.2) is 9.59 Å². The fourth-order valence-electron chi connectivity index (χ4n) is 3.83. The number of rotatable bonds is 16. The number of carbonyl (C=O) groups excluding carboxylic acids is 4. The van der Waals surface area contributed by atoms with Gasteiger partial charge in [-0.2, -0.15) is 11.8 Å². The Morgan fingerprint density at radius 2 is 1.14 bits per heavy atom. The minimum absolute atomic E-state index is 0.00443. The summed E-state index contributed by atoms with van der Waals surface area (Å²) in [5, 5.41) is 5.27. The van der Waals surface area contributed by atoms with Crippen LogP contribution in [0.25, 0.3) is 0 Å². The first-order valence-electron chi connectivity index (χ1n) is 13.6. The van der Waals surface area contributed by atoms with Crippen molar-refractivity contribution in [2.24, 2.45) is 0 Å². The molecule has 9 nitrogen and oxygen atoms in total. The number of nitrogens with one attached hydrogen (secondary N) is 2. The second kappa shape index (κ2) is 18.2. The highest BCUT2D eigenvalue weighted by Gasteiger charge is 2.28. The van der Waals surface area contributed by atoms with Gasteiger partial charge in [0, 0.05) is 6.42 Å². The van der Waals surface area contributed by atoms with Gasteiger partial charge in [0.25, 0.3) is 0 Å². The molecule has 3 aromatic carbocycles. The van der Waals surface area contributed by atoms with Crippen LogP contribution in [0.2, 0.25) is 0 Å². The predicted molar refractivity (Wildman–Crippen MR) is 160 cm³/mol. The fourth-order valence-corrected chi connectivity index (χ4v) is 4.31. The number of thioether (sulfide) groups is 1. The van der Waals surface area contributed by atoms with Gasteiger partial charge >= 0.3 is 18.0 Å². The Labute approximate surface area is 250 Å². The summed E-state index contributed by atoms with van der Waals surface area (Å²) < 4.78 is 16.1. The molecule has 42 heavy (non-hydrogen) atoms. The summed E-state index contributed by atoms with van der Waals surface area (Å²) in [7, 11) is 0. The summed E-state index contributed by atoms with van der Waals surface area (Å²) in [6.07, 6.45) is 1.26. The maximum atomic E-state index is 13.3. The van der Waals surface area contributed by atoms with Crippen molar-refractivity contribution in [1.29, 1.82) is 0 Å². The van der Waals surface area contributed by atoms with E-state index in [1.807, 2.05) is 97.3 Å². The maximum Gasteiger partial charge on any atom is 0.408 e. The largest absolute Gasteiger partial charge is 0.461 e. The van der Waals surface area contributed by atoms with Crippen molar-refractivity contribution < 1.29 is 33.4 Å². The van der Waals surface area contributed by atoms with E-state index in [0.717, 1.165) is 16.7 Å². The van der Waals surface area contributed by atoms with Gasteiger partial charge < -0.3 is 24.8 Å². The van der Waals surface area contributed by atoms with E-state index in [2.05, 4.69) is 10.6 Å². The number of hydrogen-bond donors (Lipinski definition) is 2. The molecule has 3 aromatic rings. The number of amides is 2. The monoisotopic (exact) mass is 592 g/mol. The van der Waals surface area contributed by atoms with Crippen LogP contribution >= 0.6 is 11.8 Å². The second-order valence-electron chi connectivity index (χ2n) is 9.38. The molecule has 0 aromatic heterocycles. The quantitative estimate of drug-likeness (QED) is 0.180. The van der Waals surface area contributed by atoms with Crippen molar-refractivity contribution in [1.82, 2.24) is 10.6 Å². The Morgan fingerprint density at radius 3 is 1.67 bits per heavy atom. The molecule has 2 amide bonds. The highest BCUT2D eigenvalue weighted by molar-refractivity contribution is 7.98. The van der Waals surface area contributed by atoms with E-state index in [1.165, 1.54) is 11.8 Å². The SMILES string of the molecule is CSCC[C@@H](NC(=O)OCc1ccccc1)C(=O)N[C@@H](CCC(=O)OCc1ccccc1)C(=O)OCc1ccccc1. The number of esters is 2. The second-order valence-corrected chi connectivity index (χ2v) is 10.4. The average Bonchev–Trinajstić information content (AvgIpc) is 3.03. The molecule has 2 N–H and O–H groups in total. The molecule has 0 aliphatic rings. The van der Waals surface area contributed by atoms with Crippen LogP contribution in [-0.2, 0) is 48.4 Å². The maximum absolute atomic E-state index is 13.3. The van der Waals surface area contributed by atoms with Crippen LogP contribution in [0.4, 0.5) is 4.79 Å². The van der Waals surface area contributed by atoms with Crippen LogP contribution in [0.1, 0.15) is 36.0 Å². The first-order valence-corrected chi connectivity index (χ1v) is 15.0. The molecule has 0 heterocycles. The molecule has 0 radical (unpaired) electrons. The smallest absolute Gasteiger partial charge is 0.408 e. The average molecular weight is 593 g/mol. The topological polar surface area (TPSA) is 120 Å². The van der Waals surface area contributed by atoms with Crippen molar-refractivity contribution >= 4 is 35.7 Å². The summed E-state index contributed by atoms with van der Waals surface area (Å²) >= 11 is 1.51. The lowest BCUT2D eigenvalue weighted by Crippen LogP contribution is -2.52. The van der Waals surface area contributed by atoms with Gasteiger partial charge in [-0.05, 0) is 41.5 Å². The van der Waals surface area contributed by atoms with E-state index < -0.39 is 36.0 Å². The predicted octanol–water partition coefficient (Wildman–Crippen LogP) is 4.79. The molecular weight excluding hydrogens is 556 g/mol. The van der Waals surface area contributed by atoms with Crippen LogP contribution in [0.3, 0.4) is 0 Å². The fraction of sp³-hybridized carbons (Fsp3) is 0.312. The summed E-state index contributed by atoms with van der Waals surface area (Å²) in [5.41, 5.74) is 2.41. The van der Waals surface area contributed by atoms with Crippen LogP contribution < -0.4 is 10.6 Å². The van der Waals surface area contributed by atoms with E-state index in [0.29, 0.717) is 12.2 Å². The number of ether oxygens (including phenoxy) is 3. The Hall–Kier alpha value is -4.31. The zero-order valence-electron chi connectivity index (χ0n) is 23.5. The van der Waals surface area contributed by atoms with Gasteiger partial charge in [0.15, 0.2) is 0 Å². The van der Waals surface area contributed by atoms with E-state index in [1.54, 1.807) is 0 Å². The molecule has 0 unspecified atom stereocenters. The van der Waals surface area contributed by atoms with Crippen LogP contribution in [0.5, 0.6) is 0 Å². The lowest BCUT2D eigenvalue weighted by atomic mass is 10.1. The third-order valence-corrected chi connectivity index (χ3v) is 6.78. The minimum Gasteiger partial charge on any atom is -0.461 e. The lowest BCUT2D eigenvalue weighted by Gasteiger charge is -2.22. The van der Waals surface area contributed by atoms with Crippen LogP contribution in [0, 0.1) is 0 Å². The first kappa shape index (κ1) is 32.2. The van der Waals surface area contributed by atoms with Crippen LogP contribution in [-0.4, -0.2) is 48.0 Å². The molecule has 2 atom stereocenters. The van der Waals surface area contributed by atoms with Gasteiger partial charge in [0.05, 0.1) is 0 Å². The van der Waals surface area contributed by atoms with Gasteiger partial charge in [-0.15, -0.1) is 0 Å². The van der Waals surface area contributed by atoms with Crippen molar-refractivity contribution in [3.63, 3.8) is 0 Å². The molecule has 0 spiro atoms. The van der Waals surface area contributed by atoms with Crippen LogP contribution in [0.15, 0.2) is 91.0 Å². The van der Waals surface area contributed by atoms with Crippen molar-refractivity contribution in [2.75, 3.05) is 12.0 Å². The van der Waals surface area contributed by atoms with Gasteiger partial charge in [0.2, 0.25) is 5.91 Å². The highest BCUT2D eigenvalue weighted by atomic mass is 32.2. The molecule has 0 aliphatic carbocycles. The number of hydrogen-bond acceptors (Lipinski definition) is 8. The third kappa shape index (κ3) is 12.1. The third-order valence-electron chi connectivity index (χ3n) is 6.14. The molecule has 0 saturated carbocycles. The number of carbonyl (C=O) groups is 4. The summed E-state index contributed by atoms with van der Waals surface area (Å²) in [6.45, 7) is 0.147. The zero-order chi connectivity index (χ0) is 30.0. The van der Waals surface area contributed by atoms with E-state index in [4.69, 9.17) is 14.2 Å². The molecular formula is C32H36N2O7S. The summed E-state index contributed by atoms with van der Waals surface area (Å²) in [6, 6.07) is 25.4. The Bertz CT molecular complexity index is 1260. The van der Waals surface area contributed by atoms with Crippen molar-refractivity contribution in [2.45, 2.75) is 51.2 Å². The number of benzene rings is 3. The van der Waals surface area contributed by atoms with E-state index in [-0.39, 0.29) is 32.7 Å². The molecule has 3 rings (SSSR count). The van der Waals surface area contributed by atoms with E-state index in [9.17, 15) is 19.2 Å². The van der Waals surface area contributed by atoms with E-state index >= 15 is 0 Å². The molecule has 0 bridgehead atoms. The Balaban J connectivity index is 1.61. The summed E-state index contributed by atoms with van der Waals surface area (Å²) in [4.78, 5) is 51.3. The molecule has 0 saturated heterocycles. The lowest BCUT2D eigenvalue weighted by molar-refractivity contribution is -0.150. The zero-order valence-corrected chi connectivity index (χ0v) is 24.3. The summed E-state index contributed by atoms with van der Waals surface area (Å²) in [5.74, 6) is -1.22. The Morgan fingerprint density at radius 1 is 0.643 bits per heavy atom. The normalized spacial score (nSPS) is 11.9.